The van der Waals surface area contributed by atoms with Crippen LogP contribution in [-0.2, 0) is 28.6 Å². The monoisotopic (exact) mass is 1110 g/mol. The fourth-order valence-corrected chi connectivity index (χ4v) is 11.3. The minimum Gasteiger partial charge on any atom is -0.462 e. The summed E-state index contributed by atoms with van der Waals surface area (Å²) in [6, 6.07) is 0. The lowest BCUT2D eigenvalue weighted by Crippen LogP contribution is -2.30. The van der Waals surface area contributed by atoms with Crippen LogP contribution in [0.4, 0.5) is 0 Å². The van der Waals surface area contributed by atoms with E-state index >= 15 is 0 Å². The lowest BCUT2D eigenvalue weighted by Gasteiger charge is -2.18. The number of hydrogen-bond acceptors (Lipinski definition) is 6. The summed E-state index contributed by atoms with van der Waals surface area (Å²) in [6.45, 7) is 6.69. The average molecular weight is 1110 g/mol. The molecule has 0 fully saturated rings. The van der Waals surface area contributed by atoms with Gasteiger partial charge in [-0.2, -0.15) is 0 Å². The second kappa shape index (κ2) is 68.6. The molecule has 0 aliphatic heterocycles. The SMILES string of the molecule is CCCC/C=C\CCCCCCCC(=O)OCC(COC(=O)CCCCCCCCCCCCCCCCCCCCCCCCCCCCCC)OC(=O)CCCCCCCCCCCCCCCCCCCCCCCC. The Hall–Kier alpha value is -1.85. The summed E-state index contributed by atoms with van der Waals surface area (Å²) < 4.78 is 17.0. The number of allylic oxidation sites excluding steroid dienone is 2. The van der Waals surface area contributed by atoms with Crippen LogP contribution in [-0.4, -0.2) is 37.2 Å². The molecule has 0 aromatic heterocycles. The van der Waals surface area contributed by atoms with Crippen LogP contribution in [0.15, 0.2) is 12.2 Å². The van der Waals surface area contributed by atoms with Crippen molar-refractivity contribution in [3.63, 3.8) is 0 Å². The smallest absolute Gasteiger partial charge is 0.306 e. The van der Waals surface area contributed by atoms with Crippen LogP contribution in [0.5, 0.6) is 0 Å². The van der Waals surface area contributed by atoms with Gasteiger partial charge in [0.1, 0.15) is 13.2 Å². The lowest BCUT2D eigenvalue weighted by molar-refractivity contribution is -0.167. The zero-order valence-electron chi connectivity index (χ0n) is 53.9. The minimum atomic E-state index is -0.769. The normalized spacial score (nSPS) is 12.0. The van der Waals surface area contributed by atoms with Crippen molar-refractivity contribution in [1.29, 1.82) is 0 Å². The largest absolute Gasteiger partial charge is 0.462 e. The van der Waals surface area contributed by atoms with Gasteiger partial charge in [0, 0.05) is 19.3 Å². The summed E-state index contributed by atoms with van der Waals surface area (Å²) in [5, 5.41) is 0. The van der Waals surface area contributed by atoms with Gasteiger partial charge >= 0.3 is 17.9 Å². The molecule has 6 heteroatoms. The third-order valence-electron chi connectivity index (χ3n) is 16.8. The van der Waals surface area contributed by atoms with Crippen LogP contribution in [0.2, 0.25) is 0 Å². The quantitative estimate of drug-likeness (QED) is 0.0261. The van der Waals surface area contributed by atoms with Gasteiger partial charge < -0.3 is 14.2 Å². The van der Waals surface area contributed by atoms with Crippen molar-refractivity contribution in [2.45, 2.75) is 425 Å². The van der Waals surface area contributed by atoms with Crippen LogP contribution < -0.4 is 0 Å². The number of unbranched alkanes of at least 4 members (excludes halogenated alkanes) is 55. The van der Waals surface area contributed by atoms with Crippen molar-refractivity contribution in [3.8, 4) is 0 Å². The molecule has 0 aliphatic carbocycles. The molecular weight excluding hydrogens is 973 g/mol. The highest BCUT2D eigenvalue weighted by Crippen LogP contribution is 2.19. The first-order valence-corrected chi connectivity index (χ1v) is 36.2. The topological polar surface area (TPSA) is 78.9 Å². The maximum atomic E-state index is 12.9. The Morgan fingerprint density at radius 3 is 0.671 bits per heavy atom. The molecule has 0 saturated carbocycles. The van der Waals surface area contributed by atoms with E-state index in [1.165, 1.54) is 315 Å². The molecule has 0 aromatic rings. The van der Waals surface area contributed by atoms with Gasteiger partial charge in [-0.1, -0.05) is 373 Å². The van der Waals surface area contributed by atoms with E-state index in [1.54, 1.807) is 0 Å². The number of carbonyl (C=O) groups is 3. The van der Waals surface area contributed by atoms with Crippen LogP contribution in [0, 0.1) is 0 Å². The third kappa shape index (κ3) is 66.8. The van der Waals surface area contributed by atoms with E-state index in [-0.39, 0.29) is 31.1 Å². The van der Waals surface area contributed by atoms with Crippen molar-refractivity contribution in [1.82, 2.24) is 0 Å². The fraction of sp³-hybridized carbons (Fsp3) is 0.932. The molecule has 0 spiro atoms. The van der Waals surface area contributed by atoms with Crippen molar-refractivity contribution in [2.75, 3.05) is 13.2 Å². The molecule has 0 aliphatic rings. The Kier molecular flexibility index (Phi) is 67.0. The first-order valence-electron chi connectivity index (χ1n) is 36.2. The molecule has 0 saturated heterocycles. The number of rotatable bonds is 68. The highest BCUT2D eigenvalue weighted by atomic mass is 16.6. The molecule has 0 heterocycles. The maximum Gasteiger partial charge on any atom is 0.306 e. The van der Waals surface area contributed by atoms with Crippen LogP contribution >= 0.6 is 0 Å². The second-order valence-corrected chi connectivity index (χ2v) is 24.9. The molecule has 0 rings (SSSR count). The molecule has 0 aromatic carbocycles. The molecule has 1 atom stereocenters. The summed E-state index contributed by atoms with van der Waals surface area (Å²) >= 11 is 0. The maximum absolute atomic E-state index is 12.9. The summed E-state index contributed by atoms with van der Waals surface area (Å²) in [7, 11) is 0. The highest BCUT2D eigenvalue weighted by Gasteiger charge is 2.19. The Bertz CT molecular complexity index is 1230. The van der Waals surface area contributed by atoms with Crippen molar-refractivity contribution in [3.05, 3.63) is 12.2 Å². The van der Waals surface area contributed by atoms with Gasteiger partial charge in [0.2, 0.25) is 0 Å². The fourth-order valence-electron chi connectivity index (χ4n) is 11.3. The van der Waals surface area contributed by atoms with Gasteiger partial charge in [-0.25, -0.2) is 0 Å². The molecule has 0 N–H and O–H groups in total. The van der Waals surface area contributed by atoms with Gasteiger partial charge in [-0.05, 0) is 38.5 Å². The molecule has 0 amide bonds. The summed E-state index contributed by atoms with van der Waals surface area (Å²) in [6.07, 6.45) is 82.7. The number of ether oxygens (including phenoxy) is 3. The first-order chi connectivity index (χ1) is 39.0. The first kappa shape index (κ1) is 77.2. The summed E-state index contributed by atoms with van der Waals surface area (Å²) in [5.74, 6) is -0.842. The Morgan fingerprint density at radius 2 is 0.430 bits per heavy atom. The molecule has 6 nitrogen and oxygen atoms in total. The molecule has 0 bridgehead atoms. The Morgan fingerprint density at radius 1 is 0.241 bits per heavy atom. The molecule has 79 heavy (non-hydrogen) atoms. The second-order valence-electron chi connectivity index (χ2n) is 24.9. The van der Waals surface area contributed by atoms with E-state index in [2.05, 4.69) is 32.9 Å². The average Bonchev–Trinajstić information content (AvgIpc) is 3.45. The van der Waals surface area contributed by atoms with Crippen LogP contribution in [0.1, 0.15) is 419 Å². The van der Waals surface area contributed by atoms with Crippen LogP contribution in [0.3, 0.4) is 0 Å². The van der Waals surface area contributed by atoms with Crippen LogP contribution in [0.25, 0.3) is 0 Å². The third-order valence-corrected chi connectivity index (χ3v) is 16.8. The number of carbonyl (C=O) groups excluding carboxylic acids is 3. The molecule has 1 unspecified atom stereocenters. The van der Waals surface area contributed by atoms with Gasteiger partial charge in [0.15, 0.2) is 6.10 Å². The number of hydrogen-bond donors (Lipinski definition) is 0. The molecule has 0 radical (unpaired) electrons. The predicted octanol–water partition coefficient (Wildman–Crippen LogP) is 24.8. The number of esters is 3. The van der Waals surface area contributed by atoms with Gasteiger partial charge in [-0.3, -0.25) is 14.4 Å². The van der Waals surface area contributed by atoms with Gasteiger partial charge in [-0.15, -0.1) is 0 Å². The van der Waals surface area contributed by atoms with E-state index in [4.69, 9.17) is 14.2 Å². The highest BCUT2D eigenvalue weighted by molar-refractivity contribution is 5.71. The predicted molar refractivity (Wildman–Crippen MR) is 344 cm³/mol. The standard InChI is InChI=1S/C73H140O6/c1-4-7-10-13-16-19-22-24-26-28-30-32-34-35-36-37-38-39-41-42-44-46-48-51-54-57-60-63-66-72(75)78-69-70(68-77-71(74)65-62-59-56-53-50-21-18-15-12-9-6-3)79-73(76)67-64-61-58-55-52-49-47-45-43-40-33-31-29-27-25-23-20-17-14-11-8-5-2/h15,18,70H,4-14,16-17,19-69H2,1-3H3/b18-15-. The Balaban J connectivity index is 4.12. The van der Waals surface area contributed by atoms with E-state index < -0.39 is 6.10 Å². The Labute approximate surface area is 494 Å². The van der Waals surface area contributed by atoms with Crippen molar-refractivity contribution in [2.24, 2.45) is 0 Å². The van der Waals surface area contributed by atoms with Gasteiger partial charge in [0.05, 0.1) is 0 Å². The summed E-state index contributed by atoms with van der Waals surface area (Å²) in [4.78, 5) is 38.4. The summed E-state index contributed by atoms with van der Waals surface area (Å²) in [5.41, 5.74) is 0. The minimum absolute atomic E-state index is 0.0658. The van der Waals surface area contributed by atoms with Crippen molar-refractivity contribution < 1.29 is 28.6 Å². The van der Waals surface area contributed by atoms with E-state index in [0.717, 1.165) is 64.2 Å². The molecule has 468 valence electrons. The van der Waals surface area contributed by atoms with E-state index in [9.17, 15) is 14.4 Å². The van der Waals surface area contributed by atoms with Gasteiger partial charge in [0.25, 0.3) is 0 Å². The van der Waals surface area contributed by atoms with E-state index in [0.29, 0.717) is 19.3 Å². The lowest BCUT2D eigenvalue weighted by atomic mass is 10.0. The zero-order valence-corrected chi connectivity index (χ0v) is 53.9. The molecular formula is C73H140O6. The van der Waals surface area contributed by atoms with Crippen molar-refractivity contribution >= 4 is 17.9 Å². The van der Waals surface area contributed by atoms with E-state index in [1.807, 2.05) is 0 Å². The zero-order chi connectivity index (χ0) is 57.1.